The van der Waals surface area contributed by atoms with Crippen molar-refractivity contribution in [3.63, 3.8) is 0 Å². The summed E-state index contributed by atoms with van der Waals surface area (Å²) in [5.41, 5.74) is 0. The quantitative estimate of drug-likeness (QED) is 0.534. The minimum absolute atomic E-state index is 0.984. The van der Waals surface area contributed by atoms with Crippen molar-refractivity contribution in [1.82, 2.24) is 14.8 Å². The topological polar surface area (TPSA) is 30.7 Å². The second kappa shape index (κ2) is 1.88. The fourth-order valence-electron chi connectivity index (χ4n) is 0.711. The number of rotatable bonds is 0. The van der Waals surface area contributed by atoms with E-state index < -0.39 is 0 Å². The van der Waals surface area contributed by atoms with Crippen LogP contribution in [-0.4, -0.2) is 20.5 Å². The molecule has 0 saturated carbocycles. The smallest absolute Gasteiger partial charge is 0.190 e. The van der Waals surface area contributed by atoms with Crippen LogP contribution in [0.2, 0.25) is 0 Å². The van der Waals surface area contributed by atoms with E-state index in [4.69, 9.17) is 0 Å². The molecule has 0 amide bonds. The number of nitrogens with zero attached hydrogens (tertiary/aromatic N) is 3. The van der Waals surface area contributed by atoms with E-state index in [9.17, 15) is 0 Å². The zero-order valence-electron chi connectivity index (χ0n) is 4.69. The van der Waals surface area contributed by atoms with E-state index in [-0.39, 0.29) is 0 Å². The van der Waals surface area contributed by atoms with Crippen molar-refractivity contribution in [2.45, 2.75) is 5.16 Å². The second-order valence-corrected chi connectivity index (χ2v) is 2.67. The van der Waals surface area contributed by atoms with Gasteiger partial charge in [0.15, 0.2) is 5.16 Å². The summed E-state index contributed by atoms with van der Waals surface area (Å²) in [5, 5.41) is 4.94. The molecule has 1 aromatic heterocycles. The molecule has 9 heavy (non-hydrogen) atoms. The summed E-state index contributed by atoms with van der Waals surface area (Å²) < 4.78 is 1.77. The van der Waals surface area contributed by atoms with Gasteiger partial charge < -0.3 is 0 Å². The third-order valence-electron chi connectivity index (χ3n) is 1.10. The van der Waals surface area contributed by atoms with Crippen LogP contribution in [0.4, 0.5) is 0 Å². The molecule has 0 saturated heterocycles. The largest absolute Gasteiger partial charge is 0.216 e. The highest BCUT2D eigenvalue weighted by atomic mass is 32.2. The Morgan fingerprint density at radius 2 is 2.67 bits per heavy atom. The van der Waals surface area contributed by atoms with E-state index in [0.717, 1.165) is 10.9 Å². The maximum absolute atomic E-state index is 4.02. The predicted molar refractivity (Wildman–Crippen MR) is 36.1 cm³/mol. The Hall–Kier alpha value is -0.770. The lowest BCUT2D eigenvalue weighted by atomic mass is 10.7. The lowest BCUT2D eigenvalue weighted by Crippen LogP contribution is -1.96. The van der Waals surface area contributed by atoms with Crippen LogP contribution in [0.1, 0.15) is 0 Å². The molecule has 0 aromatic carbocycles. The maximum Gasteiger partial charge on any atom is 0.190 e. The average molecular weight is 139 g/mol. The molecule has 0 fully saturated rings. The van der Waals surface area contributed by atoms with Crippen molar-refractivity contribution in [1.29, 1.82) is 0 Å². The van der Waals surface area contributed by atoms with Crippen molar-refractivity contribution >= 4 is 18.0 Å². The van der Waals surface area contributed by atoms with Gasteiger partial charge in [0.2, 0.25) is 0 Å². The molecule has 1 aliphatic heterocycles. The Kier molecular flexibility index (Phi) is 1.05. The third-order valence-corrected chi connectivity index (χ3v) is 2.01. The molecular formula is C5H5N3S. The van der Waals surface area contributed by atoms with Gasteiger partial charge in [-0.2, -0.15) is 5.10 Å². The van der Waals surface area contributed by atoms with Gasteiger partial charge >= 0.3 is 0 Å². The molecule has 0 bridgehead atoms. The highest BCUT2D eigenvalue weighted by Crippen LogP contribution is 2.17. The zero-order valence-corrected chi connectivity index (χ0v) is 5.51. The summed E-state index contributed by atoms with van der Waals surface area (Å²) in [4.78, 5) is 4.02. The number of aromatic nitrogens is 3. The fraction of sp³-hybridized carbons (Fsp3) is 0.200. The lowest BCUT2D eigenvalue weighted by molar-refractivity contribution is 0.826. The zero-order chi connectivity index (χ0) is 6.10. The molecule has 0 aliphatic carbocycles. The van der Waals surface area contributed by atoms with E-state index in [0.29, 0.717) is 0 Å². The summed E-state index contributed by atoms with van der Waals surface area (Å²) in [5.74, 6) is 1.01. The molecule has 0 atom stereocenters. The first kappa shape index (κ1) is 5.05. The van der Waals surface area contributed by atoms with Gasteiger partial charge in [0.1, 0.15) is 6.33 Å². The minimum atomic E-state index is 0.984. The highest BCUT2D eigenvalue weighted by Gasteiger charge is 2.03. The summed E-state index contributed by atoms with van der Waals surface area (Å²) in [7, 11) is 0. The van der Waals surface area contributed by atoms with E-state index >= 15 is 0 Å². The van der Waals surface area contributed by atoms with E-state index in [2.05, 4.69) is 16.2 Å². The molecule has 0 N–H and O–H groups in total. The van der Waals surface area contributed by atoms with Crippen LogP contribution >= 0.6 is 11.8 Å². The van der Waals surface area contributed by atoms with Crippen molar-refractivity contribution < 1.29 is 0 Å². The van der Waals surface area contributed by atoms with Crippen LogP contribution in [0.15, 0.2) is 17.6 Å². The molecule has 1 aliphatic rings. The lowest BCUT2D eigenvalue weighted by Gasteiger charge is -2.01. The number of hydrogen-bond acceptors (Lipinski definition) is 3. The van der Waals surface area contributed by atoms with Crippen LogP contribution in [0.5, 0.6) is 0 Å². The van der Waals surface area contributed by atoms with Crippen molar-refractivity contribution in [3.05, 3.63) is 12.4 Å². The Morgan fingerprint density at radius 3 is 3.56 bits per heavy atom. The SMILES string of the molecule is C1=Cn2ncnc2SC1. The summed E-state index contributed by atoms with van der Waals surface area (Å²) >= 11 is 1.70. The number of thioether (sulfide) groups is 1. The Morgan fingerprint density at radius 1 is 1.67 bits per heavy atom. The monoisotopic (exact) mass is 139 g/mol. The first-order valence-electron chi connectivity index (χ1n) is 2.66. The average Bonchev–Trinajstić information content (AvgIpc) is 2.33. The molecule has 2 rings (SSSR count). The van der Waals surface area contributed by atoms with Crippen molar-refractivity contribution in [2.24, 2.45) is 0 Å². The molecular weight excluding hydrogens is 134 g/mol. The van der Waals surface area contributed by atoms with Crippen LogP contribution in [0.25, 0.3) is 6.20 Å². The van der Waals surface area contributed by atoms with Gasteiger partial charge in [0.05, 0.1) is 0 Å². The Bertz CT molecular complexity index is 240. The van der Waals surface area contributed by atoms with Crippen molar-refractivity contribution in [3.8, 4) is 0 Å². The molecule has 0 unspecified atom stereocenters. The van der Waals surface area contributed by atoms with Gasteiger partial charge in [0.25, 0.3) is 0 Å². The molecule has 0 spiro atoms. The molecule has 3 nitrogen and oxygen atoms in total. The molecule has 2 heterocycles. The Labute approximate surface area is 56.8 Å². The van der Waals surface area contributed by atoms with Crippen LogP contribution < -0.4 is 0 Å². The van der Waals surface area contributed by atoms with Crippen LogP contribution in [0, 0.1) is 0 Å². The maximum atomic E-state index is 4.02. The van der Waals surface area contributed by atoms with E-state index in [1.807, 2.05) is 6.20 Å². The first-order chi connectivity index (χ1) is 4.47. The summed E-state index contributed by atoms with van der Waals surface area (Å²) in [6.45, 7) is 0. The first-order valence-corrected chi connectivity index (χ1v) is 3.64. The van der Waals surface area contributed by atoms with Gasteiger partial charge in [-0.25, -0.2) is 9.67 Å². The summed E-state index contributed by atoms with van der Waals surface area (Å²) in [6.07, 6.45) is 5.56. The van der Waals surface area contributed by atoms with Crippen LogP contribution in [0.3, 0.4) is 0 Å². The van der Waals surface area contributed by atoms with Gasteiger partial charge in [-0.3, -0.25) is 0 Å². The molecule has 0 radical (unpaired) electrons. The second-order valence-electron chi connectivity index (χ2n) is 1.68. The van der Waals surface area contributed by atoms with Gasteiger partial charge in [-0.1, -0.05) is 17.8 Å². The highest BCUT2D eigenvalue weighted by molar-refractivity contribution is 7.99. The normalized spacial score (nSPS) is 15.6. The van der Waals surface area contributed by atoms with Crippen LogP contribution in [-0.2, 0) is 0 Å². The van der Waals surface area contributed by atoms with Gasteiger partial charge in [-0.15, -0.1) is 0 Å². The molecule has 1 aromatic rings. The van der Waals surface area contributed by atoms with Crippen molar-refractivity contribution in [2.75, 3.05) is 5.75 Å². The minimum Gasteiger partial charge on any atom is -0.216 e. The van der Waals surface area contributed by atoms with Gasteiger partial charge in [-0.05, 0) is 0 Å². The molecule has 46 valence electrons. The number of fused-ring (bicyclic) bond motifs is 1. The Balaban J connectivity index is 2.53. The van der Waals surface area contributed by atoms with E-state index in [1.165, 1.54) is 0 Å². The molecule has 4 heteroatoms. The fourth-order valence-corrected chi connectivity index (χ4v) is 1.40. The van der Waals surface area contributed by atoms with E-state index in [1.54, 1.807) is 22.8 Å². The van der Waals surface area contributed by atoms with Gasteiger partial charge in [0, 0.05) is 12.0 Å². The standard InChI is InChI=1S/C5H5N3S/c1-2-8-5(9-3-1)6-4-7-8/h1-2,4H,3H2. The number of hydrogen-bond donors (Lipinski definition) is 0. The summed E-state index contributed by atoms with van der Waals surface area (Å²) in [6, 6.07) is 0. The predicted octanol–water partition coefficient (Wildman–Crippen LogP) is 0.854. The third kappa shape index (κ3) is 0.751.